The van der Waals surface area contributed by atoms with E-state index >= 15 is 0 Å². The summed E-state index contributed by atoms with van der Waals surface area (Å²) in [6, 6.07) is 2.47. The Balaban J connectivity index is 1.20. The number of nitrogens with zero attached hydrogens (tertiary/aromatic N) is 1. The quantitative estimate of drug-likeness (QED) is 0.361. The van der Waals surface area contributed by atoms with Crippen molar-refractivity contribution in [2.24, 2.45) is 47.3 Å². The Hall–Kier alpha value is -2.03. The van der Waals surface area contributed by atoms with Crippen molar-refractivity contribution >= 4 is 0 Å². The van der Waals surface area contributed by atoms with E-state index in [1.54, 1.807) is 5.57 Å². The Bertz CT molecular complexity index is 1140. The highest BCUT2D eigenvalue weighted by molar-refractivity contribution is 5.35. The Morgan fingerprint density at radius 2 is 1.56 bits per heavy atom. The molecular weight excluding hydrogens is 438 g/mol. The minimum Gasteiger partial charge on any atom is -0.364 e. The van der Waals surface area contributed by atoms with Crippen LogP contribution in [0, 0.1) is 47.3 Å². The fraction of sp³-hybridized carbons (Fsp3) is 0.667. The third kappa shape index (κ3) is 3.87. The molecule has 3 nitrogen and oxygen atoms in total. The number of H-pyrrole nitrogens is 2. The number of imidazole rings is 1. The van der Waals surface area contributed by atoms with E-state index < -0.39 is 0 Å². The summed E-state index contributed by atoms with van der Waals surface area (Å²) in [7, 11) is 0. The van der Waals surface area contributed by atoms with Gasteiger partial charge >= 0.3 is 0 Å². The number of fused-ring (bicyclic) bond motifs is 4. The normalized spacial score (nSPS) is 35.7. The monoisotopic (exact) mass is 485 g/mol. The van der Waals surface area contributed by atoms with E-state index in [-0.39, 0.29) is 0 Å². The first-order chi connectivity index (χ1) is 17.2. The summed E-state index contributed by atoms with van der Waals surface area (Å²) < 4.78 is 0. The van der Waals surface area contributed by atoms with Gasteiger partial charge in [-0.1, -0.05) is 72.3 Å². The molecule has 2 fully saturated rings. The average molecular weight is 486 g/mol. The van der Waals surface area contributed by atoms with Crippen LogP contribution in [-0.2, 0) is 0 Å². The lowest BCUT2D eigenvalue weighted by molar-refractivity contribution is 0.283. The van der Waals surface area contributed by atoms with Crippen LogP contribution in [0.15, 0.2) is 42.3 Å². The number of allylic oxidation sites excluding steroid dienone is 4. The van der Waals surface area contributed by atoms with E-state index in [4.69, 9.17) is 4.98 Å². The number of aromatic nitrogens is 3. The van der Waals surface area contributed by atoms with Crippen LogP contribution in [0.1, 0.15) is 114 Å². The molecular formula is C33H47N3. The Morgan fingerprint density at radius 3 is 2.25 bits per heavy atom. The van der Waals surface area contributed by atoms with Crippen LogP contribution >= 0.6 is 0 Å². The highest BCUT2D eigenvalue weighted by Gasteiger charge is 2.50. The molecule has 0 saturated heterocycles. The largest absolute Gasteiger partial charge is 0.364 e. The zero-order valence-corrected chi connectivity index (χ0v) is 23.5. The molecule has 4 aliphatic carbocycles. The Labute approximate surface area is 218 Å². The third-order valence-corrected chi connectivity index (χ3v) is 10.6. The fourth-order valence-corrected chi connectivity index (χ4v) is 9.01. The van der Waals surface area contributed by atoms with Crippen molar-refractivity contribution in [3.8, 4) is 0 Å². The summed E-state index contributed by atoms with van der Waals surface area (Å²) in [6.45, 7) is 16.7. The lowest BCUT2D eigenvalue weighted by atomic mass is 9.71. The number of hydrogen-bond acceptors (Lipinski definition) is 1. The summed E-state index contributed by atoms with van der Waals surface area (Å²) in [4.78, 5) is 12.6. The molecule has 2 aromatic heterocycles. The van der Waals surface area contributed by atoms with Gasteiger partial charge in [0.25, 0.3) is 0 Å². The number of nitrogens with one attached hydrogen (secondary N) is 2. The number of aromatic amines is 2. The predicted molar refractivity (Wildman–Crippen MR) is 149 cm³/mol. The van der Waals surface area contributed by atoms with Gasteiger partial charge in [0.05, 0.1) is 5.69 Å². The van der Waals surface area contributed by atoms with Gasteiger partial charge in [0.2, 0.25) is 0 Å². The number of rotatable bonds is 8. The third-order valence-electron chi connectivity index (χ3n) is 10.6. The molecule has 6 rings (SSSR count). The second kappa shape index (κ2) is 9.07. The SMILES string of the molecule is CC(C)c1c[nH]c(C2C3CC(C=C3CC(C)c3nc(C4C5C=CC(C5)C4C(C)C)c[nH]3)C2C(C)C)c1. The molecule has 9 unspecified atom stereocenters. The highest BCUT2D eigenvalue weighted by atomic mass is 14.9. The van der Waals surface area contributed by atoms with Gasteiger partial charge in [-0.05, 0) is 84.2 Å². The lowest BCUT2D eigenvalue weighted by Gasteiger charge is -2.34. The van der Waals surface area contributed by atoms with Crippen LogP contribution in [0.3, 0.4) is 0 Å². The molecule has 9 atom stereocenters. The first kappa shape index (κ1) is 24.3. The summed E-state index contributed by atoms with van der Waals surface area (Å²) in [5.74, 6) is 9.20. The second-order valence-electron chi connectivity index (χ2n) is 13.7. The van der Waals surface area contributed by atoms with E-state index in [0.717, 1.165) is 30.1 Å². The van der Waals surface area contributed by atoms with Crippen LogP contribution in [0.2, 0.25) is 0 Å². The summed E-state index contributed by atoms with van der Waals surface area (Å²) in [6.07, 6.45) is 15.9. The lowest BCUT2D eigenvalue weighted by Crippen LogP contribution is -2.25. The van der Waals surface area contributed by atoms with Crippen LogP contribution in [0.4, 0.5) is 0 Å². The van der Waals surface area contributed by atoms with Gasteiger partial charge in [-0.15, -0.1) is 0 Å². The van der Waals surface area contributed by atoms with Crippen molar-refractivity contribution in [1.29, 1.82) is 0 Å². The van der Waals surface area contributed by atoms with Crippen molar-refractivity contribution in [2.45, 2.75) is 91.4 Å². The maximum atomic E-state index is 5.27. The zero-order chi connectivity index (χ0) is 25.3. The molecule has 4 bridgehead atoms. The van der Waals surface area contributed by atoms with Gasteiger partial charge in [-0.3, -0.25) is 0 Å². The molecule has 2 N–H and O–H groups in total. The Kier molecular flexibility index (Phi) is 6.12. The summed E-state index contributed by atoms with van der Waals surface area (Å²) in [5.41, 5.74) is 5.94. The average Bonchev–Trinajstić information content (AvgIpc) is 3.65. The molecule has 0 spiro atoms. The molecule has 0 amide bonds. The molecule has 194 valence electrons. The fourth-order valence-electron chi connectivity index (χ4n) is 9.01. The topological polar surface area (TPSA) is 44.5 Å². The van der Waals surface area contributed by atoms with Crippen LogP contribution in [0.25, 0.3) is 0 Å². The second-order valence-corrected chi connectivity index (χ2v) is 13.7. The molecule has 0 aliphatic heterocycles. The van der Waals surface area contributed by atoms with E-state index in [2.05, 4.69) is 95.1 Å². The van der Waals surface area contributed by atoms with Gasteiger partial charge in [0.15, 0.2) is 0 Å². The number of hydrogen-bond donors (Lipinski definition) is 2. The summed E-state index contributed by atoms with van der Waals surface area (Å²) in [5, 5.41) is 0. The molecule has 0 aromatic carbocycles. The van der Waals surface area contributed by atoms with E-state index in [1.165, 1.54) is 35.6 Å². The molecule has 2 saturated carbocycles. The highest BCUT2D eigenvalue weighted by Crippen LogP contribution is 2.60. The van der Waals surface area contributed by atoms with E-state index in [0.29, 0.717) is 47.3 Å². The van der Waals surface area contributed by atoms with Gasteiger partial charge in [0.1, 0.15) is 5.82 Å². The first-order valence-electron chi connectivity index (χ1n) is 14.8. The Morgan fingerprint density at radius 1 is 0.833 bits per heavy atom. The minimum atomic E-state index is 0.434. The molecule has 2 aromatic rings. The van der Waals surface area contributed by atoms with E-state index in [1.807, 2.05) is 0 Å². The maximum absolute atomic E-state index is 5.27. The maximum Gasteiger partial charge on any atom is 0.109 e. The standard InChI is InChI=1S/C33H47N3/c1-17(2)25-14-27(34-15-25)32-26-13-24(30(32)19(5)6)12-23(26)10-20(7)33-35-16-28(36-33)31-22-9-8-21(11-22)29(31)18(3)4/h8-9,12,14-22,24,26,29-32,34H,10-11,13H2,1-7H3,(H,35,36). The van der Waals surface area contributed by atoms with Crippen molar-refractivity contribution in [2.75, 3.05) is 0 Å². The smallest absolute Gasteiger partial charge is 0.109 e. The van der Waals surface area contributed by atoms with Gasteiger partial charge in [-0.25, -0.2) is 4.98 Å². The van der Waals surface area contributed by atoms with Crippen LogP contribution in [-0.4, -0.2) is 15.0 Å². The molecule has 2 heterocycles. The molecule has 3 heteroatoms. The van der Waals surface area contributed by atoms with Gasteiger partial charge in [0, 0.05) is 35.8 Å². The minimum absolute atomic E-state index is 0.434. The van der Waals surface area contributed by atoms with Crippen molar-refractivity contribution in [1.82, 2.24) is 15.0 Å². The van der Waals surface area contributed by atoms with E-state index in [9.17, 15) is 0 Å². The summed E-state index contributed by atoms with van der Waals surface area (Å²) >= 11 is 0. The first-order valence-corrected chi connectivity index (χ1v) is 14.8. The van der Waals surface area contributed by atoms with Gasteiger partial charge in [-0.2, -0.15) is 0 Å². The molecule has 4 aliphatic rings. The van der Waals surface area contributed by atoms with Gasteiger partial charge < -0.3 is 9.97 Å². The predicted octanol–water partition coefficient (Wildman–Crippen LogP) is 8.55. The molecule has 36 heavy (non-hydrogen) atoms. The van der Waals surface area contributed by atoms with Crippen molar-refractivity contribution in [3.63, 3.8) is 0 Å². The van der Waals surface area contributed by atoms with Crippen LogP contribution < -0.4 is 0 Å². The molecule has 0 radical (unpaired) electrons. The van der Waals surface area contributed by atoms with Crippen molar-refractivity contribution in [3.05, 3.63) is 65.0 Å². The van der Waals surface area contributed by atoms with Crippen molar-refractivity contribution < 1.29 is 0 Å². The zero-order valence-electron chi connectivity index (χ0n) is 23.5. The van der Waals surface area contributed by atoms with Crippen LogP contribution in [0.5, 0.6) is 0 Å².